The molecule has 0 aliphatic heterocycles. The van der Waals surface area contributed by atoms with E-state index in [1.807, 2.05) is 48.5 Å². The molecule has 7 heteroatoms. The number of pyridine rings is 1. The highest BCUT2D eigenvalue weighted by molar-refractivity contribution is 5.79. The van der Waals surface area contributed by atoms with E-state index in [9.17, 15) is 19.5 Å². The van der Waals surface area contributed by atoms with Gasteiger partial charge in [0.2, 0.25) is 5.56 Å². The molecule has 30 heavy (non-hydrogen) atoms. The molecule has 0 saturated carbocycles. The van der Waals surface area contributed by atoms with Gasteiger partial charge in [-0.15, -0.1) is 0 Å². The summed E-state index contributed by atoms with van der Waals surface area (Å²) < 4.78 is 5.47. The van der Waals surface area contributed by atoms with Crippen LogP contribution in [0.3, 0.4) is 0 Å². The average molecular weight is 404 g/mol. The van der Waals surface area contributed by atoms with Crippen LogP contribution in [0.1, 0.15) is 35.1 Å². The van der Waals surface area contributed by atoms with Crippen molar-refractivity contribution >= 4 is 12.1 Å². The predicted molar refractivity (Wildman–Crippen MR) is 110 cm³/mol. The van der Waals surface area contributed by atoms with Gasteiger partial charge >= 0.3 is 12.1 Å². The number of carbonyl (C=O) groups excluding carboxylic acids is 1. The molecule has 1 heterocycles. The topological polar surface area (TPSA) is 108 Å². The Morgan fingerprint density at radius 3 is 2.27 bits per heavy atom. The number of hydrogen-bond acceptors (Lipinski definition) is 4. The lowest BCUT2D eigenvalue weighted by atomic mass is 9.98. The van der Waals surface area contributed by atoms with Crippen molar-refractivity contribution in [2.24, 2.45) is 0 Å². The third-order valence-corrected chi connectivity index (χ3v) is 5.22. The SMILES string of the molecule is O=C(O)C[C@H](NC(=O)OCC1c2ccccc2-c2ccccc21)c1cc[nH]c(=O)c1. The van der Waals surface area contributed by atoms with E-state index in [0.29, 0.717) is 5.56 Å². The van der Waals surface area contributed by atoms with Crippen molar-refractivity contribution in [2.75, 3.05) is 6.61 Å². The predicted octanol–water partition coefficient (Wildman–Crippen LogP) is 3.43. The maximum absolute atomic E-state index is 12.5. The fourth-order valence-electron chi connectivity index (χ4n) is 3.89. The molecule has 3 N–H and O–H groups in total. The van der Waals surface area contributed by atoms with Crippen LogP contribution in [0.2, 0.25) is 0 Å². The van der Waals surface area contributed by atoms with Gasteiger partial charge in [0.05, 0.1) is 12.5 Å². The zero-order valence-electron chi connectivity index (χ0n) is 16.0. The van der Waals surface area contributed by atoms with Gasteiger partial charge in [-0.2, -0.15) is 0 Å². The first-order valence-electron chi connectivity index (χ1n) is 9.55. The lowest BCUT2D eigenvalue weighted by molar-refractivity contribution is -0.137. The standard InChI is InChI=1S/C23H20N2O5/c26-21-11-14(9-10-24-21)20(12-22(27)28)25-23(29)30-13-19-17-7-3-1-5-15(17)16-6-2-4-8-18(16)19/h1-11,19-20H,12-13H2,(H,24,26)(H,25,29)(H,27,28)/t20-/m0/s1. The number of hydrogen-bond donors (Lipinski definition) is 3. The van der Waals surface area contributed by atoms with Gasteiger partial charge < -0.3 is 20.1 Å². The molecule has 1 aliphatic rings. The van der Waals surface area contributed by atoms with Crippen LogP contribution in [0.5, 0.6) is 0 Å². The van der Waals surface area contributed by atoms with Crippen LogP contribution < -0.4 is 10.9 Å². The summed E-state index contributed by atoms with van der Waals surface area (Å²) in [5, 5.41) is 11.7. The third-order valence-electron chi connectivity index (χ3n) is 5.22. The molecule has 152 valence electrons. The van der Waals surface area contributed by atoms with E-state index in [-0.39, 0.29) is 24.5 Å². The summed E-state index contributed by atoms with van der Waals surface area (Å²) in [6.07, 6.45) is 0.308. The van der Waals surface area contributed by atoms with Crippen LogP contribution in [-0.4, -0.2) is 28.8 Å². The van der Waals surface area contributed by atoms with Crippen molar-refractivity contribution in [3.63, 3.8) is 0 Å². The highest BCUT2D eigenvalue weighted by Crippen LogP contribution is 2.44. The Bertz CT molecular complexity index is 1110. The highest BCUT2D eigenvalue weighted by atomic mass is 16.5. The first kappa shape index (κ1) is 19.4. The van der Waals surface area contributed by atoms with Crippen molar-refractivity contribution < 1.29 is 19.4 Å². The van der Waals surface area contributed by atoms with Crippen LogP contribution in [0.4, 0.5) is 4.79 Å². The second-order valence-corrected chi connectivity index (χ2v) is 7.11. The lowest BCUT2D eigenvalue weighted by Crippen LogP contribution is -2.32. The normalized spacial score (nSPS) is 13.2. The van der Waals surface area contributed by atoms with E-state index in [1.54, 1.807) is 6.07 Å². The van der Waals surface area contributed by atoms with Crippen LogP contribution >= 0.6 is 0 Å². The Labute approximate surface area is 172 Å². The number of alkyl carbamates (subject to hydrolysis) is 1. The summed E-state index contributed by atoms with van der Waals surface area (Å²) in [6, 6.07) is 17.9. The molecule has 1 amide bonds. The summed E-state index contributed by atoms with van der Waals surface area (Å²) in [5.41, 5.74) is 4.43. The van der Waals surface area contributed by atoms with Crippen LogP contribution in [0, 0.1) is 0 Å². The molecule has 4 rings (SSSR count). The van der Waals surface area contributed by atoms with Crippen molar-refractivity contribution in [3.05, 3.63) is 93.9 Å². The van der Waals surface area contributed by atoms with Gasteiger partial charge in [0.15, 0.2) is 0 Å². The number of amides is 1. The molecular weight excluding hydrogens is 384 g/mol. The van der Waals surface area contributed by atoms with Gasteiger partial charge in [-0.1, -0.05) is 48.5 Å². The number of ether oxygens (including phenoxy) is 1. The van der Waals surface area contributed by atoms with Crippen LogP contribution in [0.25, 0.3) is 11.1 Å². The number of carbonyl (C=O) groups is 2. The Morgan fingerprint density at radius 1 is 1.03 bits per heavy atom. The van der Waals surface area contributed by atoms with E-state index in [1.165, 1.54) is 12.3 Å². The second kappa shape index (κ2) is 8.24. The molecule has 0 fully saturated rings. The number of benzene rings is 2. The number of rotatable bonds is 6. The number of H-pyrrole nitrogens is 1. The second-order valence-electron chi connectivity index (χ2n) is 7.11. The van der Waals surface area contributed by atoms with E-state index >= 15 is 0 Å². The number of aromatic amines is 1. The Kier molecular flexibility index (Phi) is 5.34. The fourth-order valence-corrected chi connectivity index (χ4v) is 3.89. The number of carboxylic acids is 1. The molecule has 3 aromatic rings. The Balaban J connectivity index is 1.49. The number of aromatic nitrogens is 1. The molecule has 0 bridgehead atoms. The molecule has 2 aromatic carbocycles. The van der Waals surface area contributed by atoms with Crippen molar-refractivity contribution in [1.82, 2.24) is 10.3 Å². The molecule has 1 aliphatic carbocycles. The largest absolute Gasteiger partial charge is 0.481 e. The molecule has 1 atom stereocenters. The minimum absolute atomic E-state index is 0.0966. The third kappa shape index (κ3) is 3.96. The highest BCUT2D eigenvalue weighted by Gasteiger charge is 2.29. The summed E-state index contributed by atoms with van der Waals surface area (Å²) in [7, 11) is 0. The zero-order valence-corrected chi connectivity index (χ0v) is 16.0. The molecular formula is C23H20N2O5. The quantitative estimate of drug-likeness (QED) is 0.583. The first-order chi connectivity index (χ1) is 14.5. The van der Waals surface area contributed by atoms with E-state index in [0.717, 1.165) is 22.3 Å². The zero-order chi connectivity index (χ0) is 21.1. The molecule has 1 aromatic heterocycles. The number of nitrogens with one attached hydrogen (secondary N) is 2. The Hall–Kier alpha value is -3.87. The van der Waals surface area contributed by atoms with Crippen LogP contribution in [0.15, 0.2) is 71.7 Å². The van der Waals surface area contributed by atoms with Gasteiger partial charge in [0.1, 0.15) is 6.61 Å². The maximum Gasteiger partial charge on any atom is 0.407 e. The van der Waals surface area contributed by atoms with E-state index < -0.39 is 18.1 Å². The van der Waals surface area contributed by atoms with Gasteiger partial charge in [-0.3, -0.25) is 9.59 Å². The maximum atomic E-state index is 12.5. The summed E-state index contributed by atoms with van der Waals surface area (Å²) in [5.74, 6) is -1.19. The smallest absolute Gasteiger partial charge is 0.407 e. The summed E-state index contributed by atoms with van der Waals surface area (Å²) in [4.78, 5) is 37.7. The molecule has 0 spiro atoms. The van der Waals surface area contributed by atoms with Crippen molar-refractivity contribution in [3.8, 4) is 11.1 Å². The monoisotopic (exact) mass is 404 g/mol. The average Bonchev–Trinajstić information content (AvgIpc) is 3.05. The molecule has 0 saturated heterocycles. The minimum atomic E-state index is -1.10. The molecule has 7 nitrogen and oxygen atoms in total. The number of carboxylic acid groups (broad SMARTS) is 1. The van der Waals surface area contributed by atoms with E-state index in [2.05, 4.69) is 10.3 Å². The number of aliphatic carboxylic acids is 1. The van der Waals surface area contributed by atoms with Crippen molar-refractivity contribution in [1.29, 1.82) is 0 Å². The summed E-state index contributed by atoms with van der Waals surface area (Å²) >= 11 is 0. The molecule has 0 unspecified atom stereocenters. The van der Waals surface area contributed by atoms with Crippen LogP contribution in [-0.2, 0) is 9.53 Å². The minimum Gasteiger partial charge on any atom is -0.481 e. The first-order valence-corrected chi connectivity index (χ1v) is 9.55. The number of fused-ring (bicyclic) bond motifs is 3. The summed E-state index contributed by atoms with van der Waals surface area (Å²) in [6.45, 7) is 0.120. The van der Waals surface area contributed by atoms with E-state index in [4.69, 9.17) is 4.74 Å². The lowest BCUT2D eigenvalue weighted by Gasteiger charge is -2.19. The fraction of sp³-hybridized carbons (Fsp3) is 0.174. The van der Waals surface area contributed by atoms with Crippen molar-refractivity contribution in [2.45, 2.75) is 18.4 Å². The van der Waals surface area contributed by atoms with Gasteiger partial charge in [-0.05, 0) is 33.9 Å². The van der Waals surface area contributed by atoms with Gasteiger partial charge in [-0.25, -0.2) is 4.79 Å². The molecule has 0 radical (unpaired) electrons. The Morgan fingerprint density at radius 2 is 1.67 bits per heavy atom. The van der Waals surface area contributed by atoms with Gasteiger partial charge in [0, 0.05) is 18.2 Å². The van der Waals surface area contributed by atoms with Gasteiger partial charge in [0.25, 0.3) is 0 Å².